The first kappa shape index (κ1) is 16.3. The third-order valence-corrected chi connectivity index (χ3v) is 4.17. The predicted molar refractivity (Wildman–Crippen MR) is 86.5 cm³/mol. The maximum Gasteiger partial charge on any atom is 0.124 e. The molecule has 2 N–H and O–H groups in total. The maximum absolute atomic E-state index is 10.6. The number of para-hydroxylation sites is 1. The van der Waals surface area contributed by atoms with E-state index in [-0.39, 0.29) is 6.10 Å². The molecule has 2 unspecified atom stereocenters. The van der Waals surface area contributed by atoms with Gasteiger partial charge in [-0.2, -0.15) is 0 Å². The second-order valence-electron chi connectivity index (χ2n) is 6.80. The molecular weight excluding hydrogens is 262 g/mol. The van der Waals surface area contributed by atoms with Gasteiger partial charge in [0, 0.05) is 18.7 Å². The Kier molecular flexibility index (Phi) is 5.65. The van der Waals surface area contributed by atoms with Gasteiger partial charge in [0.2, 0.25) is 0 Å². The molecule has 0 bridgehead atoms. The van der Waals surface area contributed by atoms with Crippen molar-refractivity contribution >= 4 is 0 Å². The summed E-state index contributed by atoms with van der Waals surface area (Å²) in [6.45, 7) is 7.70. The van der Waals surface area contributed by atoms with Crippen LogP contribution in [0.3, 0.4) is 0 Å². The number of aliphatic hydroxyl groups is 1. The van der Waals surface area contributed by atoms with Crippen molar-refractivity contribution in [1.82, 2.24) is 5.32 Å². The largest absolute Gasteiger partial charge is 0.491 e. The fourth-order valence-electron chi connectivity index (χ4n) is 3.24. The van der Waals surface area contributed by atoms with Gasteiger partial charge in [0.25, 0.3) is 0 Å². The highest BCUT2D eigenvalue weighted by atomic mass is 16.5. The van der Waals surface area contributed by atoms with Gasteiger partial charge in [-0.05, 0) is 38.7 Å². The zero-order valence-corrected chi connectivity index (χ0v) is 13.6. The van der Waals surface area contributed by atoms with E-state index in [0.29, 0.717) is 12.5 Å². The first-order valence-electron chi connectivity index (χ1n) is 8.16. The van der Waals surface area contributed by atoms with Crippen molar-refractivity contribution in [2.24, 2.45) is 5.92 Å². The molecule has 1 aliphatic carbocycles. The number of rotatable bonds is 6. The molecule has 0 amide bonds. The molecule has 0 radical (unpaired) electrons. The third-order valence-electron chi connectivity index (χ3n) is 4.17. The van der Waals surface area contributed by atoms with Gasteiger partial charge in [0.05, 0.1) is 11.7 Å². The van der Waals surface area contributed by atoms with Crippen molar-refractivity contribution in [3.05, 3.63) is 29.8 Å². The molecule has 3 nitrogen and oxygen atoms in total. The minimum Gasteiger partial charge on any atom is -0.491 e. The quantitative estimate of drug-likeness (QED) is 0.843. The molecule has 118 valence electrons. The first-order chi connectivity index (χ1) is 9.98. The molecule has 2 atom stereocenters. The summed E-state index contributed by atoms with van der Waals surface area (Å²) in [6.07, 6.45) is 4.37. The molecule has 1 aliphatic rings. The highest BCUT2D eigenvalue weighted by Crippen LogP contribution is 2.31. The van der Waals surface area contributed by atoms with Crippen molar-refractivity contribution < 1.29 is 9.84 Å². The van der Waals surface area contributed by atoms with Crippen LogP contribution in [0.4, 0.5) is 0 Å². The first-order valence-corrected chi connectivity index (χ1v) is 8.16. The molecule has 0 aromatic heterocycles. The summed E-state index contributed by atoms with van der Waals surface area (Å²) >= 11 is 0. The molecular formula is C18H29NO2. The second-order valence-corrected chi connectivity index (χ2v) is 6.80. The van der Waals surface area contributed by atoms with Crippen LogP contribution in [-0.4, -0.2) is 23.4 Å². The van der Waals surface area contributed by atoms with Gasteiger partial charge in [0.1, 0.15) is 5.75 Å². The highest BCUT2D eigenvalue weighted by Gasteiger charge is 2.32. The average molecular weight is 291 g/mol. The van der Waals surface area contributed by atoms with Gasteiger partial charge >= 0.3 is 0 Å². The Hall–Kier alpha value is -1.06. The van der Waals surface area contributed by atoms with E-state index < -0.39 is 5.60 Å². The van der Waals surface area contributed by atoms with Gasteiger partial charge in [0.15, 0.2) is 0 Å². The Bertz CT molecular complexity index is 447. The van der Waals surface area contributed by atoms with Gasteiger partial charge in [-0.1, -0.05) is 38.0 Å². The Morgan fingerprint density at radius 2 is 2.14 bits per heavy atom. The van der Waals surface area contributed by atoms with Crippen LogP contribution in [-0.2, 0) is 6.54 Å². The molecule has 0 spiro atoms. The normalized spacial score (nSPS) is 26.0. The summed E-state index contributed by atoms with van der Waals surface area (Å²) in [5, 5.41) is 14.1. The van der Waals surface area contributed by atoms with Crippen LogP contribution in [0.15, 0.2) is 24.3 Å². The van der Waals surface area contributed by atoms with E-state index in [1.807, 2.05) is 32.0 Å². The van der Waals surface area contributed by atoms with Crippen molar-refractivity contribution in [3.63, 3.8) is 0 Å². The van der Waals surface area contributed by atoms with Gasteiger partial charge < -0.3 is 15.2 Å². The molecule has 21 heavy (non-hydrogen) atoms. The van der Waals surface area contributed by atoms with Crippen LogP contribution in [0.2, 0.25) is 0 Å². The van der Waals surface area contributed by atoms with Crippen molar-refractivity contribution in [2.75, 3.05) is 6.54 Å². The van der Waals surface area contributed by atoms with E-state index in [9.17, 15) is 5.11 Å². The standard InChI is InChI=1S/C18H29NO2/c1-14(2)21-17-9-5-4-8-16(17)12-19-13-18(20)10-6-7-15(3)11-18/h4-5,8-9,14-15,19-20H,6-7,10-13H2,1-3H3. The van der Waals surface area contributed by atoms with E-state index in [1.54, 1.807) is 0 Å². The molecule has 3 heteroatoms. The van der Waals surface area contributed by atoms with Crippen molar-refractivity contribution in [3.8, 4) is 5.75 Å². The van der Waals surface area contributed by atoms with E-state index >= 15 is 0 Å². The van der Waals surface area contributed by atoms with Crippen LogP contribution < -0.4 is 10.1 Å². The number of hydrogen-bond acceptors (Lipinski definition) is 3. The minimum atomic E-state index is -0.536. The van der Waals surface area contributed by atoms with Crippen LogP contribution >= 0.6 is 0 Å². The summed E-state index contributed by atoms with van der Waals surface area (Å²) in [5.74, 6) is 1.56. The van der Waals surface area contributed by atoms with Crippen LogP contribution in [0, 0.1) is 5.92 Å². The lowest BCUT2D eigenvalue weighted by molar-refractivity contribution is -0.0119. The Morgan fingerprint density at radius 3 is 2.86 bits per heavy atom. The monoisotopic (exact) mass is 291 g/mol. The maximum atomic E-state index is 10.6. The molecule has 1 aromatic rings. The summed E-state index contributed by atoms with van der Waals surface area (Å²) < 4.78 is 5.83. The Morgan fingerprint density at radius 1 is 1.38 bits per heavy atom. The lowest BCUT2D eigenvalue weighted by Gasteiger charge is -2.35. The molecule has 0 aliphatic heterocycles. The van der Waals surface area contributed by atoms with Crippen LogP contribution in [0.25, 0.3) is 0 Å². The van der Waals surface area contributed by atoms with E-state index in [0.717, 1.165) is 37.1 Å². The smallest absolute Gasteiger partial charge is 0.124 e. The lowest BCUT2D eigenvalue weighted by atomic mass is 9.79. The Labute approximate surface area is 128 Å². The van der Waals surface area contributed by atoms with Gasteiger partial charge in [-0.15, -0.1) is 0 Å². The number of benzene rings is 1. The fourth-order valence-corrected chi connectivity index (χ4v) is 3.24. The molecule has 0 heterocycles. The fraction of sp³-hybridized carbons (Fsp3) is 0.667. The number of hydrogen-bond donors (Lipinski definition) is 2. The Balaban J connectivity index is 1.88. The van der Waals surface area contributed by atoms with Crippen molar-refractivity contribution in [2.45, 2.75) is 64.7 Å². The van der Waals surface area contributed by atoms with E-state index in [2.05, 4.69) is 18.3 Å². The van der Waals surface area contributed by atoms with E-state index in [4.69, 9.17) is 4.74 Å². The second kappa shape index (κ2) is 7.28. The van der Waals surface area contributed by atoms with E-state index in [1.165, 1.54) is 6.42 Å². The SMILES string of the molecule is CC1CCCC(O)(CNCc2ccccc2OC(C)C)C1. The zero-order valence-electron chi connectivity index (χ0n) is 13.6. The predicted octanol–water partition coefficient (Wildman–Crippen LogP) is 3.50. The summed E-state index contributed by atoms with van der Waals surface area (Å²) in [5.41, 5.74) is 0.615. The van der Waals surface area contributed by atoms with Gasteiger partial charge in [-0.3, -0.25) is 0 Å². The topological polar surface area (TPSA) is 41.5 Å². The number of nitrogens with one attached hydrogen (secondary N) is 1. The zero-order chi connectivity index (χ0) is 15.3. The highest BCUT2D eigenvalue weighted by molar-refractivity contribution is 5.33. The average Bonchev–Trinajstić information content (AvgIpc) is 2.39. The molecule has 1 fully saturated rings. The molecule has 2 rings (SSSR count). The van der Waals surface area contributed by atoms with Crippen molar-refractivity contribution in [1.29, 1.82) is 0 Å². The molecule has 0 saturated heterocycles. The molecule has 1 aromatic carbocycles. The summed E-state index contributed by atoms with van der Waals surface area (Å²) in [6, 6.07) is 8.12. The minimum absolute atomic E-state index is 0.175. The third kappa shape index (κ3) is 5.01. The van der Waals surface area contributed by atoms with Crippen LogP contribution in [0.1, 0.15) is 52.0 Å². The summed E-state index contributed by atoms with van der Waals surface area (Å²) in [7, 11) is 0. The molecule has 1 saturated carbocycles. The number of ether oxygens (including phenoxy) is 1. The van der Waals surface area contributed by atoms with Crippen LogP contribution in [0.5, 0.6) is 5.75 Å². The lowest BCUT2D eigenvalue weighted by Crippen LogP contribution is -2.43. The summed E-state index contributed by atoms with van der Waals surface area (Å²) in [4.78, 5) is 0. The van der Waals surface area contributed by atoms with Gasteiger partial charge in [-0.25, -0.2) is 0 Å².